The molecule has 2 aliphatic heterocycles. The molecule has 1 aromatic rings. The number of rotatable bonds is 8. The summed E-state index contributed by atoms with van der Waals surface area (Å²) in [4.78, 5) is 50.4. The third-order valence-electron chi connectivity index (χ3n) is 6.18. The number of hydrogen-bond acceptors (Lipinski definition) is 6. The van der Waals surface area contributed by atoms with Crippen LogP contribution in [0.4, 0.5) is 5.69 Å². The Labute approximate surface area is 175 Å². The van der Waals surface area contributed by atoms with Crippen LogP contribution >= 0.6 is 0 Å². The zero-order valence-electron chi connectivity index (χ0n) is 16.9. The molecule has 160 valence electrons. The number of carbonyl (C=O) groups excluding carboxylic acids is 4. The summed E-state index contributed by atoms with van der Waals surface area (Å²) in [6.07, 6.45) is 6.60. The molecule has 8 heteroatoms. The molecule has 0 spiro atoms. The highest BCUT2D eigenvalue weighted by Crippen LogP contribution is 2.32. The normalized spacial score (nSPS) is 21.9. The van der Waals surface area contributed by atoms with Gasteiger partial charge in [-0.05, 0) is 30.9 Å². The summed E-state index contributed by atoms with van der Waals surface area (Å²) in [5.41, 5.74) is 1.11. The van der Waals surface area contributed by atoms with Gasteiger partial charge in [-0.15, -0.1) is 0 Å². The van der Waals surface area contributed by atoms with Crippen LogP contribution in [0.2, 0.25) is 0 Å². The summed E-state index contributed by atoms with van der Waals surface area (Å²) in [6.45, 7) is 1.76. The molecule has 4 rings (SSSR count). The highest BCUT2D eigenvalue weighted by molar-refractivity contribution is 6.25. The van der Waals surface area contributed by atoms with Gasteiger partial charge < -0.3 is 10.1 Å². The molecule has 2 N–H and O–H groups in total. The van der Waals surface area contributed by atoms with Crippen LogP contribution in [-0.2, 0) is 14.3 Å². The van der Waals surface area contributed by atoms with E-state index in [0.29, 0.717) is 18.8 Å². The SMILES string of the molecule is O=C1CCC(N2C(=O)c3cccc(NCCOCCC4CCCC4)c3C2=O)C(=O)N1. The van der Waals surface area contributed by atoms with Gasteiger partial charge in [-0.1, -0.05) is 31.7 Å². The first-order chi connectivity index (χ1) is 14.6. The Morgan fingerprint density at radius 2 is 1.83 bits per heavy atom. The van der Waals surface area contributed by atoms with Gasteiger partial charge in [-0.2, -0.15) is 0 Å². The Bertz CT molecular complexity index is 862. The van der Waals surface area contributed by atoms with Crippen LogP contribution in [0.1, 0.15) is 65.7 Å². The Balaban J connectivity index is 1.35. The second-order valence-corrected chi connectivity index (χ2v) is 8.15. The number of carbonyl (C=O) groups is 4. The second-order valence-electron chi connectivity index (χ2n) is 8.15. The van der Waals surface area contributed by atoms with Crippen molar-refractivity contribution < 1.29 is 23.9 Å². The van der Waals surface area contributed by atoms with Crippen LogP contribution in [0.15, 0.2) is 18.2 Å². The average Bonchev–Trinajstić information content (AvgIpc) is 3.33. The lowest BCUT2D eigenvalue weighted by Crippen LogP contribution is -2.54. The van der Waals surface area contributed by atoms with Gasteiger partial charge in [-0.3, -0.25) is 29.4 Å². The van der Waals surface area contributed by atoms with Crippen molar-refractivity contribution in [3.05, 3.63) is 29.3 Å². The van der Waals surface area contributed by atoms with Crippen LogP contribution in [0.25, 0.3) is 0 Å². The molecule has 3 aliphatic rings. The van der Waals surface area contributed by atoms with Gasteiger partial charge in [0.15, 0.2) is 0 Å². The van der Waals surface area contributed by atoms with E-state index in [1.54, 1.807) is 18.2 Å². The van der Waals surface area contributed by atoms with Crippen molar-refractivity contribution in [2.24, 2.45) is 5.92 Å². The maximum absolute atomic E-state index is 13.0. The number of hydrogen-bond donors (Lipinski definition) is 2. The number of nitrogens with one attached hydrogen (secondary N) is 2. The number of fused-ring (bicyclic) bond motifs is 1. The smallest absolute Gasteiger partial charge is 0.264 e. The van der Waals surface area contributed by atoms with Crippen molar-refractivity contribution in [3.8, 4) is 0 Å². The maximum atomic E-state index is 13.0. The maximum Gasteiger partial charge on any atom is 0.264 e. The van der Waals surface area contributed by atoms with Crippen molar-refractivity contribution in [1.82, 2.24) is 10.2 Å². The monoisotopic (exact) mass is 413 g/mol. The van der Waals surface area contributed by atoms with Gasteiger partial charge in [0.05, 0.1) is 17.7 Å². The predicted octanol–water partition coefficient (Wildman–Crippen LogP) is 2.10. The minimum Gasteiger partial charge on any atom is -0.382 e. The van der Waals surface area contributed by atoms with Crippen molar-refractivity contribution in [2.45, 2.75) is 51.0 Å². The van der Waals surface area contributed by atoms with Crippen molar-refractivity contribution in [3.63, 3.8) is 0 Å². The molecule has 0 bridgehead atoms. The fraction of sp³-hybridized carbons (Fsp3) is 0.545. The molecule has 1 aromatic carbocycles. The number of benzene rings is 1. The standard InChI is InChI=1S/C22H27N3O5/c26-18-9-8-17(20(27)24-18)25-21(28)15-6-3-7-16(19(15)22(25)29)23-11-13-30-12-10-14-4-1-2-5-14/h3,6-7,14,17,23H,1-2,4-5,8-13H2,(H,24,26,27). The first-order valence-electron chi connectivity index (χ1n) is 10.7. The van der Waals surface area contributed by atoms with Crippen LogP contribution in [0.5, 0.6) is 0 Å². The minimum atomic E-state index is -0.957. The topological polar surface area (TPSA) is 105 Å². The lowest BCUT2D eigenvalue weighted by Gasteiger charge is -2.27. The van der Waals surface area contributed by atoms with Crippen molar-refractivity contribution in [2.75, 3.05) is 25.1 Å². The molecule has 0 aromatic heterocycles. The van der Waals surface area contributed by atoms with Gasteiger partial charge in [0.25, 0.3) is 11.8 Å². The molecule has 1 saturated carbocycles. The highest BCUT2D eigenvalue weighted by Gasteiger charge is 2.45. The molecule has 0 radical (unpaired) electrons. The number of imide groups is 2. The first kappa shape index (κ1) is 20.5. The molecule has 30 heavy (non-hydrogen) atoms. The summed E-state index contributed by atoms with van der Waals surface area (Å²) in [5.74, 6) is -1.21. The summed E-state index contributed by atoms with van der Waals surface area (Å²) < 4.78 is 5.72. The average molecular weight is 413 g/mol. The lowest BCUT2D eigenvalue weighted by atomic mass is 10.0. The van der Waals surface area contributed by atoms with Crippen LogP contribution < -0.4 is 10.6 Å². The summed E-state index contributed by atoms with van der Waals surface area (Å²) in [6, 6.07) is 4.09. The zero-order chi connectivity index (χ0) is 21.1. The molecule has 1 saturated heterocycles. The molecule has 1 aliphatic carbocycles. The number of ether oxygens (including phenoxy) is 1. The van der Waals surface area contributed by atoms with E-state index in [4.69, 9.17) is 4.74 Å². The Hall–Kier alpha value is -2.74. The van der Waals surface area contributed by atoms with Gasteiger partial charge in [-0.25, -0.2) is 0 Å². The molecule has 8 nitrogen and oxygen atoms in total. The lowest BCUT2D eigenvalue weighted by molar-refractivity contribution is -0.136. The van der Waals surface area contributed by atoms with Crippen LogP contribution in [-0.4, -0.2) is 54.3 Å². The fourth-order valence-corrected chi connectivity index (χ4v) is 4.57. The van der Waals surface area contributed by atoms with Gasteiger partial charge in [0.2, 0.25) is 11.8 Å². The number of anilines is 1. The summed E-state index contributed by atoms with van der Waals surface area (Å²) >= 11 is 0. The Morgan fingerprint density at radius 1 is 1.03 bits per heavy atom. The predicted molar refractivity (Wildman–Crippen MR) is 109 cm³/mol. The fourth-order valence-electron chi connectivity index (χ4n) is 4.57. The van der Waals surface area contributed by atoms with E-state index in [-0.39, 0.29) is 29.9 Å². The van der Waals surface area contributed by atoms with E-state index >= 15 is 0 Å². The van der Waals surface area contributed by atoms with Crippen LogP contribution in [0.3, 0.4) is 0 Å². The summed E-state index contributed by atoms with van der Waals surface area (Å²) in [7, 11) is 0. The first-order valence-corrected chi connectivity index (χ1v) is 10.7. The van der Waals surface area contributed by atoms with E-state index in [9.17, 15) is 19.2 Å². The van der Waals surface area contributed by atoms with E-state index in [2.05, 4.69) is 10.6 Å². The number of amides is 4. The third-order valence-corrected chi connectivity index (χ3v) is 6.18. The van der Waals surface area contributed by atoms with E-state index in [0.717, 1.165) is 23.8 Å². The van der Waals surface area contributed by atoms with Gasteiger partial charge >= 0.3 is 0 Å². The quantitative estimate of drug-likeness (QED) is 0.500. The largest absolute Gasteiger partial charge is 0.382 e. The minimum absolute atomic E-state index is 0.104. The van der Waals surface area contributed by atoms with E-state index in [1.807, 2.05) is 0 Å². The third kappa shape index (κ3) is 4.09. The van der Waals surface area contributed by atoms with E-state index < -0.39 is 23.8 Å². The number of piperidine rings is 1. The zero-order valence-corrected chi connectivity index (χ0v) is 16.9. The summed E-state index contributed by atoms with van der Waals surface area (Å²) in [5, 5.41) is 5.39. The van der Waals surface area contributed by atoms with Gasteiger partial charge in [0, 0.05) is 25.3 Å². The van der Waals surface area contributed by atoms with Crippen molar-refractivity contribution >= 4 is 29.3 Å². The molecular formula is C22H27N3O5. The molecule has 2 heterocycles. The molecule has 1 atom stereocenters. The molecule has 2 fully saturated rings. The second kappa shape index (κ2) is 8.95. The van der Waals surface area contributed by atoms with Crippen LogP contribution in [0, 0.1) is 5.92 Å². The highest BCUT2D eigenvalue weighted by atomic mass is 16.5. The van der Waals surface area contributed by atoms with Crippen molar-refractivity contribution in [1.29, 1.82) is 0 Å². The Kier molecular flexibility index (Phi) is 6.13. The molecule has 4 amide bonds. The van der Waals surface area contributed by atoms with E-state index in [1.165, 1.54) is 25.7 Å². The number of nitrogens with zero attached hydrogens (tertiary/aromatic N) is 1. The molecular weight excluding hydrogens is 386 g/mol. The molecule has 1 unspecified atom stereocenters. The van der Waals surface area contributed by atoms with Gasteiger partial charge in [0.1, 0.15) is 6.04 Å². The Morgan fingerprint density at radius 3 is 2.60 bits per heavy atom.